The number of nitrogens with zero attached hydrogens (tertiary/aromatic N) is 2. The molecule has 0 radical (unpaired) electrons. The SMILES string of the molecule is O=C(NC(Oc1cccnc1)c1ccc(Cl)cc1Cl)N1CCNCC1. The molecule has 132 valence electrons. The number of hydrogen-bond donors (Lipinski definition) is 2. The molecular weight excluding hydrogens is 363 g/mol. The molecular formula is C17H18Cl2N4O2. The number of nitrogens with one attached hydrogen (secondary N) is 2. The minimum absolute atomic E-state index is 0.207. The predicted octanol–water partition coefficient (Wildman–Crippen LogP) is 3.08. The molecule has 6 nitrogen and oxygen atoms in total. The third kappa shape index (κ3) is 4.75. The Morgan fingerprint density at radius 2 is 2.08 bits per heavy atom. The summed E-state index contributed by atoms with van der Waals surface area (Å²) in [5.74, 6) is 0.527. The van der Waals surface area contributed by atoms with E-state index >= 15 is 0 Å². The van der Waals surface area contributed by atoms with Crippen LogP contribution in [-0.4, -0.2) is 42.1 Å². The van der Waals surface area contributed by atoms with Gasteiger partial charge in [0.15, 0.2) is 0 Å². The van der Waals surface area contributed by atoms with E-state index < -0.39 is 6.23 Å². The second-order valence-electron chi connectivity index (χ2n) is 5.54. The molecule has 1 unspecified atom stereocenters. The number of amides is 2. The van der Waals surface area contributed by atoms with Crippen LogP contribution in [0.4, 0.5) is 4.79 Å². The smallest absolute Gasteiger partial charge is 0.320 e. The second kappa shape index (κ2) is 8.38. The summed E-state index contributed by atoms with van der Waals surface area (Å²) in [6.45, 7) is 2.81. The summed E-state index contributed by atoms with van der Waals surface area (Å²) in [5, 5.41) is 7.04. The summed E-state index contributed by atoms with van der Waals surface area (Å²) in [6, 6.07) is 8.38. The standard InChI is InChI=1S/C17H18Cl2N4O2/c18-12-3-4-14(15(19)10-12)16(25-13-2-1-5-21-11-13)22-17(24)23-8-6-20-7-9-23/h1-5,10-11,16,20H,6-9H2,(H,22,24). The van der Waals surface area contributed by atoms with Crippen LogP contribution in [0.15, 0.2) is 42.7 Å². The van der Waals surface area contributed by atoms with Crippen LogP contribution >= 0.6 is 23.2 Å². The number of halogens is 2. The van der Waals surface area contributed by atoms with Crippen LogP contribution in [0.3, 0.4) is 0 Å². The van der Waals surface area contributed by atoms with Gasteiger partial charge in [-0.3, -0.25) is 10.3 Å². The van der Waals surface area contributed by atoms with E-state index in [1.165, 1.54) is 0 Å². The molecule has 2 amide bonds. The maximum Gasteiger partial charge on any atom is 0.320 e. The van der Waals surface area contributed by atoms with Crippen molar-refractivity contribution in [3.05, 3.63) is 58.3 Å². The minimum Gasteiger partial charge on any atom is -0.465 e. The Labute approximate surface area is 156 Å². The Morgan fingerprint density at radius 1 is 1.28 bits per heavy atom. The average Bonchev–Trinajstić information content (AvgIpc) is 2.63. The Balaban J connectivity index is 1.81. The van der Waals surface area contributed by atoms with Gasteiger partial charge >= 0.3 is 6.03 Å². The molecule has 25 heavy (non-hydrogen) atoms. The van der Waals surface area contributed by atoms with Crippen molar-refractivity contribution in [1.82, 2.24) is 20.5 Å². The molecule has 3 rings (SSSR count). The molecule has 1 saturated heterocycles. The first kappa shape index (κ1) is 17.8. The first-order valence-corrected chi connectivity index (χ1v) is 8.67. The van der Waals surface area contributed by atoms with Gasteiger partial charge in [0.25, 0.3) is 0 Å². The Bertz CT molecular complexity index is 724. The lowest BCUT2D eigenvalue weighted by Gasteiger charge is -2.30. The van der Waals surface area contributed by atoms with Crippen LogP contribution in [0.5, 0.6) is 5.75 Å². The molecule has 2 N–H and O–H groups in total. The maximum atomic E-state index is 12.6. The van der Waals surface area contributed by atoms with Gasteiger partial charge in [-0.15, -0.1) is 0 Å². The van der Waals surface area contributed by atoms with Crippen LogP contribution in [0.2, 0.25) is 10.0 Å². The molecule has 1 fully saturated rings. The third-order valence-electron chi connectivity index (χ3n) is 3.79. The Morgan fingerprint density at radius 3 is 2.76 bits per heavy atom. The Hall–Kier alpha value is -2.02. The van der Waals surface area contributed by atoms with E-state index in [2.05, 4.69) is 15.6 Å². The molecule has 0 spiro atoms. The average molecular weight is 381 g/mol. The van der Waals surface area contributed by atoms with E-state index in [1.54, 1.807) is 47.6 Å². The molecule has 1 atom stereocenters. The topological polar surface area (TPSA) is 66.5 Å². The molecule has 0 bridgehead atoms. The van der Waals surface area contributed by atoms with E-state index in [0.717, 1.165) is 13.1 Å². The molecule has 0 saturated carbocycles. The van der Waals surface area contributed by atoms with E-state index in [1.807, 2.05) is 0 Å². The number of hydrogen-bond acceptors (Lipinski definition) is 4. The molecule has 2 aromatic rings. The Kier molecular flexibility index (Phi) is 5.96. The normalized spacial score (nSPS) is 15.5. The van der Waals surface area contributed by atoms with Gasteiger partial charge < -0.3 is 15.0 Å². The highest BCUT2D eigenvalue weighted by Gasteiger charge is 2.23. The van der Waals surface area contributed by atoms with Gasteiger partial charge in [-0.05, 0) is 24.3 Å². The third-order valence-corrected chi connectivity index (χ3v) is 4.35. The van der Waals surface area contributed by atoms with Crippen LogP contribution in [0, 0.1) is 0 Å². The van der Waals surface area contributed by atoms with Gasteiger partial charge in [0, 0.05) is 43.0 Å². The van der Waals surface area contributed by atoms with Crippen molar-refractivity contribution in [2.24, 2.45) is 0 Å². The number of carbonyl (C=O) groups excluding carboxylic acids is 1. The summed E-state index contributed by atoms with van der Waals surface area (Å²) >= 11 is 12.3. The number of carbonyl (C=O) groups is 1. The van der Waals surface area contributed by atoms with Crippen LogP contribution < -0.4 is 15.4 Å². The summed E-state index contributed by atoms with van der Waals surface area (Å²) in [7, 11) is 0. The van der Waals surface area contributed by atoms with E-state index in [4.69, 9.17) is 27.9 Å². The first-order valence-electron chi connectivity index (χ1n) is 7.91. The number of rotatable bonds is 4. The van der Waals surface area contributed by atoms with Crippen LogP contribution in [0.25, 0.3) is 0 Å². The zero-order valence-corrected chi connectivity index (χ0v) is 14.9. The van der Waals surface area contributed by atoms with E-state index in [9.17, 15) is 4.79 Å². The van der Waals surface area contributed by atoms with Gasteiger partial charge in [-0.2, -0.15) is 0 Å². The lowest BCUT2D eigenvalue weighted by molar-refractivity contribution is 0.140. The van der Waals surface area contributed by atoms with Gasteiger partial charge in [0.2, 0.25) is 6.23 Å². The monoisotopic (exact) mass is 380 g/mol. The molecule has 8 heteroatoms. The molecule has 0 aliphatic carbocycles. The van der Waals surface area contributed by atoms with Gasteiger partial charge in [0.05, 0.1) is 11.2 Å². The van der Waals surface area contributed by atoms with Crippen LogP contribution in [0.1, 0.15) is 11.8 Å². The van der Waals surface area contributed by atoms with Crippen molar-refractivity contribution >= 4 is 29.2 Å². The second-order valence-corrected chi connectivity index (χ2v) is 6.38. The quantitative estimate of drug-likeness (QED) is 0.799. The van der Waals surface area contributed by atoms with Gasteiger partial charge in [-0.1, -0.05) is 29.3 Å². The number of aromatic nitrogens is 1. The lowest BCUT2D eigenvalue weighted by Crippen LogP contribution is -2.51. The highest BCUT2D eigenvalue weighted by molar-refractivity contribution is 6.35. The molecule has 1 aliphatic heterocycles. The molecule has 2 heterocycles. The fourth-order valence-electron chi connectivity index (χ4n) is 2.51. The van der Waals surface area contributed by atoms with Crippen molar-refractivity contribution in [2.45, 2.75) is 6.23 Å². The zero-order chi connectivity index (χ0) is 17.6. The number of urea groups is 1. The molecule has 1 aromatic carbocycles. The fraction of sp³-hybridized carbons (Fsp3) is 0.294. The zero-order valence-electron chi connectivity index (χ0n) is 13.4. The molecule has 1 aliphatic rings. The summed E-state index contributed by atoms with van der Waals surface area (Å²) < 4.78 is 5.92. The summed E-state index contributed by atoms with van der Waals surface area (Å²) in [5.41, 5.74) is 0.624. The van der Waals surface area contributed by atoms with Crippen molar-refractivity contribution in [1.29, 1.82) is 0 Å². The summed E-state index contributed by atoms with van der Waals surface area (Å²) in [4.78, 5) is 18.3. The lowest BCUT2D eigenvalue weighted by atomic mass is 10.2. The first-order chi connectivity index (χ1) is 12.1. The van der Waals surface area contributed by atoms with Gasteiger partial charge in [0.1, 0.15) is 5.75 Å². The highest BCUT2D eigenvalue weighted by atomic mass is 35.5. The van der Waals surface area contributed by atoms with Crippen molar-refractivity contribution in [3.8, 4) is 5.75 Å². The fourth-order valence-corrected chi connectivity index (χ4v) is 3.02. The minimum atomic E-state index is -0.753. The van der Waals surface area contributed by atoms with Crippen molar-refractivity contribution in [3.63, 3.8) is 0 Å². The number of ether oxygens (including phenoxy) is 1. The van der Waals surface area contributed by atoms with Crippen molar-refractivity contribution in [2.75, 3.05) is 26.2 Å². The predicted molar refractivity (Wildman–Crippen MR) is 97.0 cm³/mol. The van der Waals surface area contributed by atoms with Crippen LogP contribution in [-0.2, 0) is 0 Å². The maximum absolute atomic E-state index is 12.6. The van der Waals surface area contributed by atoms with Gasteiger partial charge in [-0.25, -0.2) is 4.79 Å². The summed E-state index contributed by atoms with van der Waals surface area (Å²) in [6.07, 6.45) is 2.47. The number of pyridine rings is 1. The van der Waals surface area contributed by atoms with Crippen molar-refractivity contribution < 1.29 is 9.53 Å². The van der Waals surface area contributed by atoms with E-state index in [0.29, 0.717) is 34.4 Å². The molecule has 1 aromatic heterocycles. The van der Waals surface area contributed by atoms with E-state index in [-0.39, 0.29) is 6.03 Å². The largest absolute Gasteiger partial charge is 0.465 e. The number of benzene rings is 1. The number of piperazine rings is 1. The highest BCUT2D eigenvalue weighted by Crippen LogP contribution is 2.28.